The van der Waals surface area contributed by atoms with Crippen LogP contribution in [-0.2, 0) is 9.84 Å². The summed E-state index contributed by atoms with van der Waals surface area (Å²) in [6.07, 6.45) is 4.08. The van der Waals surface area contributed by atoms with Crippen molar-refractivity contribution in [3.8, 4) is 0 Å². The maximum atomic E-state index is 11.2. The number of hydrogen-bond acceptors (Lipinski definition) is 4. The zero-order valence-corrected chi connectivity index (χ0v) is 11.1. The van der Waals surface area contributed by atoms with Crippen molar-refractivity contribution >= 4 is 15.7 Å². The van der Waals surface area contributed by atoms with Crippen molar-refractivity contribution in [3.05, 3.63) is 23.9 Å². The van der Waals surface area contributed by atoms with Crippen molar-refractivity contribution in [1.29, 1.82) is 0 Å². The molecule has 1 aromatic heterocycles. The number of anilines is 1. The molecule has 0 aromatic carbocycles. The van der Waals surface area contributed by atoms with E-state index in [4.69, 9.17) is 0 Å². The Morgan fingerprint density at radius 1 is 1.47 bits per heavy atom. The van der Waals surface area contributed by atoms with Crippen LogP contribution in [0.15, 0.2) is 18.3 Å². The lowest BCUT2D eigenvalue weighted by Gasteiger charge is -2.17. The average Bonchev–Trinajstić information content (AvgIpc) is 2.64. The molecule has 0 bridgehead atoms. The molecule has 1 unspecified atom stereocenters. The van der Waals surface area contributed by atoms with Gasteiger partial charge >= 0.3 is 0 Å². The monoisotopic (exact) mass is 254 g/mol. The summed E-state index contributed by atoms with van der Waals surface area (Å²) in [5.74, 6) is 1.48. The van der Waals surface area contributed by atoms with Crippen molar-refractivity contribution in [1.82, 2.24) is 4.98 Å². The second-order valence-electron chi connectivity index (χ2n) is 4.89. The van der Waals surface area contributed by atoms with E-state index in [2.05, 4.69) is 9.88 Å². The summed E-state index contributed by atoms with van der Waals surface area (Å²) in [7, 11) is -2.87. The van der Waals surface area contributed by atoms with E-state index >= 15 is 0 Å². The fraction of sp³-hybridized carbons (Fsp3) is 0.583. The van der Waals surface area contributed by atoms with Crippen LogP contribution in [0.1, 0.15) is 12.0 Å². The van der Waals surface area contributed by atoms with Gasteiger partial charge in [0.15, 0.2) is 0 Å². The third-order valence-electron chi connectivity index (χ3n) is 3.04. The third kappa shape index (κ3) is 3.43. The van der Waals surface area contributed by atoms with Crippen molar-refractivity contribution in [3.63, 3.8) is 0 Å². The molecule has 0 radical (unpaired) electrons. The number of hydrogen-bond donors (Lipinski definition) is 0. The number of sulfone groups is 1. The fourth-order valence-corrected chi connectivity index (χ4v) is 3.38. The molecule has 0 N–H and O–H groups in total. The molecule has 4 nitrogen and oxygen atoms in total. The molecular weight excluding hydrogens is 236 g/mol. The molecular formula is C12H18N2O2S. The Kier molecular flexibility index (Phi) is 3.38. The predicted molar refractivity (Wildman–Crippen MR) is 69.0 cm³/mol. The molecule has 1 aliphatic heterocycles. The van der Waals surface area contributed by atoms with Crippen LogP contribution in [-0.4, -0.2) is 38.5 Å². The minimum absolute atomic E-state index is 0.244. The highest BCUT2D eigenvalue weighted by Crippen LogP contribution is 2.23. The number of pyridine rings is 1. The van der Waals surface area contributed by atoms with Gasteiger partial charge in [-0.25, -0.2) is 13.4 Å². The molecule has 1 aliphatic rings. The molecule has 1 atom stereocenters. The van der Waals surface area contributed by atoms with E-state index in [9.17, 15) is 8.42 Å². The molecule has 0 saturated carbocycles. The Morgan fingerprint density at radius 2 is 2.24 bits per heavy atom. The standard InChI is InChI=1S/C12H18N2O2S/c1-10-3-4-12(13-7-10)14-6-5-11(8-14)9-17(2,15)16/h3-4,7,11H,5-6,8-9H2,1-2H3. The van der Waals surface area contributed by atoms with Crippen LogP contribution >= 0.6 is 0 Å². The summed E-state index contributed by atoms with van der Waals surface area (Å²) < 4.78 is 22.5. The maximum absolute atomic E-state index is 11.2. The Morgan fingerprint density at radius 3 is 2.82 bits per heavy atom. The summed E-state index contributed by atoms with van der Waals surface area (Å²) in [4.78, 5) is 6.53. The van der Waals surface area contributed by atoms with Crippen LogP contribution in [0.4, 0.5) is 5.82 Å². The van der Waals surface area contributed by atoms with Gasteiger partial charge in [0.2, 0.25) is 0 Å². The van der Waals surface area contributed by atoms with Gasteiger partial charge in [0.25, 0.3) is 0 Å². The number of rotatable bonds is 3. The van der Waals surface area contributed by atoms with Crippen LogP contribution in [0, 0.1) is 12.8 Å². The van der Waals surface area contributed by atoms with Gasteiger partial charge in [-0.3, -0.25) is 0 Å². The van der Waals surface area contributed by atoms with Gasteiger partial charge < -0.3 is 4.90 Å². The molecule has 17 heavy (non-hydrogen) atoms. The van der Waals surface area contributed by atoms with Gasteiger partial charge in [-0.1, -0.05) is 6.07 Å². The van der Waals surface area contributed by atoms with E-state index in [1.165, 1.54) is 6.26 Å². The first-order valence-corrected chi connectivity index (χ1v) is 7.85. The van der Waals surface area contributed by atoms with E-state index in [0.29, 0.717) is 0 Å². The SMILES string of the molecule is Cc1ccc(N2CCC(CS(C)(=O)=O)C2)nc1. The normalized spacial score (nSPS) is 20.8. The summed E-state index contributed by atoms with van der Waals surface area (Å²) >= 11 is 0. The minimum Gasteiger partial charge on any atom is -0.356 e. The summed E-state index contributed by atoms with van der Waals surface area (Å²) in [6.45, 7) is 3.70. The largest absolute Gasteiger partial charge is 0.356 e. The summed E-state index contributed by atoms with van der Waals surface area (Å²) in [6, 6.07) is 4.03. The van der Waals surface area contributed by atoms with E-state index in [1.807, 2.05) is 25.3 Å². The van der Waals surface area contributed by atoms with Crippen LogP contribution in [0.5, 0.6) is 0 Å². The van der Waals surface area contributed by atoms with Gasteiger partial charge in [-0.15, -0.1) is 0 Å². The summed E-state index contributed by atoms with van der Waals surface area (Å²) in [5.41, 5.74) is 1.14. The minimum atomic E-state index is -2.87. The Balaban J connectivity index is 2.00. The van der Waals surface area contributed by atoms with Gasteiger partial charge in [0.1, 0.15) is 15.7 Å². The Bertz CT molecular complexity index is 482. The van der Waals surface area contributed by atoms with E-state index in [-0.39, 0.29) is 11.7 Å². The highest BCUT2D eigenvalue weighted by atomic mass is 32.2. The molecule has 1 aromatic rings. The van der Waals surface area contributed by atoms with Gasteiger partial charge in [-0.05, 0) is 30.9 Å². The van der Waals surface area contributed by atoms with Crippen LogP contribution in [0.2, 0.25) is 0 Å². The lowest BCUT2D eigenvalue weighted by atomic mass is 10.2. The first-order valence-electron chi connectivity index (χ1n) is 5.79. The Hall–Kier alpha value is -1.10. The quantitative estimate of drug-likeness (QED) is 0.815. The zero-order chi connectivity index (χ0) is 12.5. The lowest BCUT2D eigenvalue weighted by Crippen LogP contribution is -2.23. The Labute approximate surface area is 103 Å². The first-order chi connectivity index (χ1) is 7.94. The lowest BCUT2D eigenvalue weighted by molar-refractivity contribution is 0.577. The number of nitrogens with zero attached hydrogens (tertiary/aromatic N) is 2. The number of aromatic nitrogens is 1. The van der Waals surface area contributed by atoms with Crippen LogP contribution in [0.3, 0.4) is 0 Å². The highest BCUT2D eigenvalue weighted by molar-refractivity contribution is 7.90. The molecule has 2 heterocycles. The molecule has 1 fully saturated rings. The molecule has 94 valence electrons. The van der Waals surface area contributed by atoms with Crippen LogP contribution < -0.4 is 4.90 Å². The highest BCUT2D eigenvalue weighted by Gasteiger charge is 2.26. The van der Waals surface area contributed by atoms with Crippen molar-refractivity contribution in [2.75, 3.05) is 30.0 Å². The molecule has 5 heteroatoms. The fourth-order valence-electron chi connectivity index (χ4n) is 2.25. The molecule has 2 rings (SSSR count). The van der Waals surface area contributed by atoms with E-state index in [0.717, 1.165) is 30.9 Å². The van der Waals surface area contributed by atoms with E-state index in [1.54, 1.807) is 0 Å². The van der Waals surface area contributed by atoms with Gasteiger partial charge in [0.05, 0.1) is 5.75 Å². The zero-order valence-electron chi connectivity index (χ0n) is 10.3. The average molecular weight is 254 g/mol. The topological polar surface area (TPSA) is 50.3 Å². The third-order valence-corrected chi connectivity index (χ3v) is 4.12. The van der Waals surface area contributed by atoms with Gasteiger partial charge in [0, 0.05) is 25.5 Å². The summed E-state index contributed by atoms with van der Waals surface area (Å²) in [5, 5.41) is 0. The van der Waals surface area contributed by atoms with Gasteiger partial charge in [-0.2, -0.15) is 0 Å². The first kappa shape index (κ1) is 12.4. The predicted octanol–water partition coefficient (Wildman–Crippen LogP) is 1.26. The van der Waals surface area contributed by atoms with Crippen molar-refractivity contribution < 1.29 is 8.42 Å². The second-order valence-corrected chi connectivity index (χ2v) is 7.07. The smallest absolute Gasteiger partial charge is 0.147 e. The number of aryl methyl sites for hydroxylation is 1. The maximum Gasteiger partial charge on any atom is 0.147 e. The second kappa shape index (κ2) is 4.64. The van der Waals surface area contributed by atoms with Crippen molar-refractivity contribution in [2.45, 2.75) is 13.3 Å². The molecule has 0 aliphatic carbocycles. The molecule has 1 saturated heterocycles. The molecule has 0 spiro atoms. The van der Waals surface area contributed by atoms with Crippen LogP contribution in [0.25, 0.3) is 0 Å². The van der Waals surface area contributed by atoms with Crippen molar-refractivity contribution in [2.24, 2.45) is 5.92 Å². The molecule has 0 amide bonds. The van der Waals surface area contributed by atoms with E-state index < -0.39 is 9.84 Å².